The zero-order chi connectivity index (χ0) is 21.6. The van der Waals surface area contributed by atoms with Crippen molar-refractivity contribution in [3.05, 3.63) is 71.8 Å². The van der Waals surface area contributed by atoms with Gasteiger partial charge in [-0.15, -0.1) is 0 Å². The van der Waals surface area contributed by atoms with Crippen molar-refractivity contribution in [3.63, 3.8) is 0 Å². The van der Waals surface area contributed by atoms with Crippen LogP contribution in [-0.4, -0.2) is 61.1 Å². The molecule has 162 valence electrons. The molecule has 4 rings (SSSR count). The van der Waals surface area contributed by atoms with E-state index >= 15 is 0 Å². The predicted octanol–water partition coefficient (Wildman–Crippen LogP) is 4.52. The normalized spacial score (nSPS) is 16.2. The number of hydrogen-bond donors (Lipinski definition) is 1. The number of anilines is 1. The van der Waals surface area contributed by atoms with E-state index in [0.29, 0.717) is 11.6 Å². The smallest absolute Gasteiger partial charge is 0.241 e. The first-order valence-corrected chi connectivity index (χ1v) is 11.1. The fourth-order valence-corrected chi connectivity index (χ4v) is 4.06. The van der Waals surface area contributed by atoms with Crippen LogP contribution in [-0.2, 0) is 4.79 Å². The Kier molecular flexibility index (Phi) is 7.07. The standard InChI is InChI=1S/C25H28ClN3O2/c1-19(25(30)27-24-8-4-6-20-5-2-3-7-23(20)24)29-15-13-28(14-16-29)17-18-31-22-11-9-21(26)10-12-22/h2-12,19H,13-18H2,1H3,(H,27,30)/t19-/m1/s1. The van der Waals surface area contributed by atoms with Crippen molar-refractivity contribution in [2.75, 3.05) is 44.6 Å². The minimum Gasteiger partial charge on any atom is -0.492 e. The van der Waals surface area contributed by atoms with Crippen molar-refractivity contribution in [3.8, 4) is 5.75 Å². The van der Waals surface area contributed by atoms with Crippen LogP contribution in [0.5, 0.6) is 5.75 Å². The van der Waals surface area contributed by atoms with Gasteiger partial charge in [0, 0.05) is 48.8 Å². The van der Waals surface area contributed by atoms with Crippen molar-refractivity contribution in [2.24, 2.45) is 0 Å². The van der Waals surface area contributed by atoms with Crippen LogP contribution in [0.25, 0.3) is 10.8 Å². The maximum absolute atomic E-state index is 12.9. The van der Waals surface area contributed by atoms with Gasteiger partial charge in [-0.2, -0.15) is 0 Å². The molecule has 1 amide bonds. The molecule has 3 aromatic rings. The molecule has 0 aliphatic carbocycles. The van der Waals surface area contributed by atoms with Gasteiger partial charge in [-0.3, -0.25) is 14.6 Å². The van der Waals surface area contributed by atoms with Crippen LogP contribution in [0.2, 0.25) is 5.02 Å². The summed E-state index contributed by atoms with van der Waals surface area (Å²) in [5.74, 6) is 0.873. The van der Waals surface area contributed by atoms with Gasteiger partial charge in [-0.25, -0.2) is 0 Å². The van der Waals surface area contributed by atoms with Gasteiger partial charge in [0.2, 0.25) is 5.91 Å². The number of hydrogen-bond acceptors (Lipinski definition) is 4. The van der Waals surface area contributed by atoms with Crippen molar-refractivity contribution in [2.45, 2.75) is 13.0 Å². The van der Waals surface area contributed by atoms with Crippen LogP contribution in [0, 0.1) is 0 Å². The number of benzene rings is 3. The minimum absolute atomic E-state index is 0.0378. The Hall–Kier alpha value is -2.60. The number of halogens is 1. The molecule has 0 aromatic heterocycles. The molecule has 0 spiro atoms. The third-order valence-corrected chi connectivity index (χ3v) is 6.12. The zero-order valence-corrected chi connectivity index (χ0v) is 18.5. The second-order valence-electron chi connectivity index (χ2n) is 7.87. The molecule has 3 aromatic carbocycles. The summed E-state index contributed by atoms with van der Waals surface area (Å²) in [5, 5.41) is 6.03. The molecule has 1 atom stereocenters. The Bertz CT molecular complexity index is 1010. The highest BCUT2D eigenvalue weighted by Gasteiger charge is 2.25. The number of carbonyl (C=O) groups excluding carboxylic acids is 1. The first-order valence-electron chi connectivity index (χ1n) is 10.7. The number of nitrogens with zero attached hydrogens (tertiary/aromatic N) is 2. The van der Waals surface area contributed by atoms with Crippen LogP contribution in [0.15, 0.2) is 66.7 Å². The van der Waals surface area contributed by atoms with Gasteiger partial charge in [0.05, 0.1) is 6.04 Å². The quantitative estimate of drug-likeness (QED) is 0.590. The highest BCUT2D eigenvalue weighted by molar-refractivity contribution is 6.30. The monoisotopic (exact) mass is 437 g/mol. The summed E-state index contributed by atoms with van der Waals surface area (Å²) in [6.07, 6.45) is 0. The van der Waals surface area contributed by atoms with Crippen molar-refractivity contribution >= 4 is 34.0 Å². The van der Waals surface area contributed by atoms with E-state index in [1.54, 1.807) is 0 Å². The SMILES string of the molecule is C[C@H](C(=O)Nc1cccc2ccccc12)N1CCN(CCOc2ccc(Cl)cc2)CC1. The Morgan fingerprint density at radius 2 is 1.71 bits per heavy atom. The van der Waals surface area contributed by atoms with E-state index < -0.39 is 0 Å². The molecule has 1 saturated heterocycles. The number of nitrogens with one attached hydrogen (secondary N) is 1. The fraction of sp³-hybridized carbons (Fsp3) is 0.320. The molecule has 0 bridgehead atoms. The third kappa shape index (κ3) is 5.56. The molecule has 5 nitrogen and oxygen atoms in total. The van der Waals surface area contributed by atoms with E-state index in [4.69, 9.17) is 16.3 Å². The Labute approximate surface area is 188 Å². The molecule has 1 aliphatic rings. The second-order valence-corrected chi connectivity index (χ2v) is 8.31. The predicted molar refractivity (Wildman–Crippen MR) is 127 cm³/mol. The van der Waals surface area contributed by atoms with E-state index in [-0.39, 0.29) is 11.9 Å². The van der Waals surface area contributed by atoms with E-state index in [0.717, 1.165) is 54.9 Å². The van der Waals surface area contributed by atoms with Crippen LogP contribution in [0.3, 0.4) is 0 Å². The summed E-state index contributed by atoms with van der Waals surface area (Å²) < 4.78 is 5.80. The third-order valence-electron chi connectivity index (χ3n) is 5.87. The first kappa shape index (κ1) is 21.6. The average molecular weight is 438 g/mol. The largest absolute Gasteiger partial charge is 0.492 e. The van der Waals surface area contributed by atoms with E-state index in [1.165, 1.54) is 0 Å². The summed E-state index contributed by atoms with van der Waals surface area (Å²) in [6, 6.07) is 21.4. The molecule has 6 heteroatoms. The molecule has 0 unspecified atom stereocenters. The fourth-order valence-electron chi connectivity index (χ4n) is 3.94. The lowest BCUT2D eigenvalue weighted by atomic mass is 10.1. The van der Waals surface area contributed by atoms with Gasteiger partial charge >= 0.3 is 0 Å². The molecule has 0 radical (unpaired) electrons. The summed E-state index contributed by atoms with van der Waals surface area (Å²) in [6.45, 7) is 7.08. The van der Waals surface area contributed by atoms with Gasteiger partial charge in [-0.05, 0) is 42.6 Å². The van der Waals surface area contributed by atoms with E-state index in [9.17, 15) is 4.79 Å². The first-order chi connectivity index (χ1) is 15.1. The lowest BCUT2D eigenvalue weighted by Crippen LogP contribution is -2.53. The molecule has 1 N–H and O–H groups in total. The Morgan fingerprint density at radius 3 is 2.48 bits per heavy atom. The van der Waals surface area contributed by atoms with Crippen LogP contribution < -0.4 is 10.1 Å². The highest BCUT2D eigenvalue weighted by atomic mass is 35.5. The maximum Gasteiger partial charge on any atom is 0.241 e. The molecule has 1 aliphatic heterocycles. The zero-order valence-electron chi connectivity index (χ0n) is 17.8. The molecule has 31 heavy (non-hydrogen) atoms. The van der Waals surface area contributed by atoms with Crippen LogP contribution in [0.4, 0.5) is 5.69 Å². The van der Waals surface area contributed by atoms with Crippen molar-refractivity contribution < 1.29 is 9.53 Å². The molecule has 1 heterocycles. The maximum atomic E-state index is 12.9. The van der Waals surface area contributed by atoms with Gasteiger partial charge in [0.25, 0.3) is 0 Å². The molecule has 0 saturated carbocycles. The van der Waals surface area contributed by atoms with E-state index in [1.807, 2.05) is 61.5 Å². The minimum atomic E-state index is -0.175. The summed E-state index contributed by atoms with van der Waals surface area (Å²) in [5.41, 5.74) is 0.868. The lowest BCUT2D eigenvalue weighted by Gasteiger charge is -2.37. The second kappa shape index (κ2) is 10.1. The Balaban J connectivity index is 1.24. The van der Waals surface area contributed by atoms with Crippen molar-refractivity contribution in [1.82, 2.24) is 9.80 Å². The highest BCUT2D eigenvalue weighted by Crippen LogP contribution is 2.23. The van der Waals surface area contributed by atoms with Gasteiger partial charge in [-0.1, -0.05) is 48.0 Å². The Morgan fingerprint density at radius 1 is 1.00 bits per heavy atom. The number of piperazine rings is 1. The number of amides is 1. The summed E-state index contributed by atoms with van der Waals surface area (Å²) >= 11 is 5.90. The number of ether oxygens (including phenoxy) is 1. The number of carbonyl (C=O) groups is 1. The topological polar surface area (TPSA) is 44.8 Å². The van der Waals surface area contributed by atoms with Crippen molar-refractivity contribution in [1.29, 1.82) is 0 Å². The van der Waals surface area contributed by atoms with Crippen LogP contribution >= 0.6 is 11.6 Å². The van der Waals surface area contributed by atoms with E-state index in [2.05, 4.69) is 27.2 Å². The summed E-state index contributed by atoms with van der Waals surface area (Å²) in [7, 11) is 0. The number of rotatable bonds is 7. The van der Waals surface area contributed by atoms with Gasteiger partial charge in [0.1, 0.15) is 12.4 Å². The van der Waals surface area contributed by atoms with Crippen LogP contribution in [0.1, 0.15) is 6.92 Å². The average Bonchev–Trinajstić information content (AvgIpc) is 2.80. The lowest BCUT2D eigenvalue weighted by molar-refractivity contribution is -0.121. The molecule has 1 fully saturated rings. The molecular weight excluding hydrogens is 410 g/mol. The van der Waals surface area contributed by atoms with Gasteiger partial charge in [0.15, 0.2) is 0 Å². The number of fused-ring (bicyclic) bond motifs is 1. The van der Waals surface area contributed by atoms with Gasteiger partial charge < -0.3 is 10.1 Å². The molecular formula is C25H28ClN3O2. The summed E-state index contributed by atoms with van der Waals surface area (Å²) in [4.78, 5) is 17.5.